The quantitative estimate of drug-likeness (QED) is 0.322. The Kier molecular flexibility index (Phi) is 42.0. The Bertz CT molecular complexity index is 528. The van der Waals surface area contributed by atoms with Gasteiger partial charge in [0.15, 0.2) is 0 Å². The number of allylic oxidation sites excluding steroid dienone is 5. The number of rotatable bonds is 5. The lowest BCUT2D eigenvalue weighted by molar-refractivity contribution is 0.772. The first-order chi connectivity index (χ1) is 14.6. The van der Waals surface area contributed by atoms with Crippen molar-refractivity contribution in [1.82, 2.24) is 0 Å². The molecular weight excluding hydrogens is 372 g/mol. The second-order valence-corrected chi connectivity index (χ2v) is 7.30. The summed E-state index contributed by atoms with van der Waals surface area (Å²) in [5, 5.41) is 0. The van der Waals surface area contributed by atoms with E-state index >= 15 is 0 Å². The summed E-state index contributed by atoms with van der Waals surface area (Å²) in [5.41, 5.74) is 7.46. The molecule has 0 aromatic heterocycles. The third kappa shape index (κ3) is 39.3. The lowest BCUT2D eigenvalue weighted by atomic mass is 10.1. The molecule has 0 spiro atoms. The summed E-state index contributed by atoms with van der Waals surface area (Å²) in [5.74, 6) is 0. The summed E-state index contributed by atoms with van der Waals surface area (Å²) >= 11 is 0. The van der Waals surface area contributed by atoms with Crippen LogP contribution in [0.15, 0.2) is 72.4 Å². The highest BCUT2D eigenvalue weighted by atomic mass is 14.0. The maximum absolute atomic E-state index is 3.82. The summed E-state index contributed by atoms with van der Waals surface area (Å²) < 4.78 is 0. The Balaban J connectivity index is -0.0000000959. The molecule has 0 heterocycles. The van der Waals surface area contributed by atoms with Crippen molar-refractivity contribution >= 4 is 0 Å². The number of benzene rings is 1. The van der Waals surface area contributed by atoms with Gasteiger partial charge < -0.3 is 0 Å². The molecule has 1 aromatic carbocycles. The molecule has 182 valence electrons. The van der Waals surface area contributed by atoms with Crippen LogP contribution in [0.4, 0.5) is 0 Å². The van der Waals surface area contributed by atoms with Crippen LogP contribution in [-0.2, 0) is 6.42 Å². The van der Waals surface area contributed by atoms with Gasteiger partial charge in [-0.2, -0.15) is 0 Å². The second kappa shape index (κ2) is 32.8. The van der Waals surface area contributed by atoms with E-state index < -0.39 is 0 Å². The first-order valence-electron chi connectivity index (χ1n) is 12.2. The van der Waals surface area contributed by atoms with Gasteiger partial charge in [-0.25, -0.2) is 0 Å². The van der Waals surface area contributed by atoms with Gasteiger partial charge in [-0.1, -0.05) is 134 Å². The fraction of sp³-hybridized carbons (Fsp3) is 0.548. The van der Waals surface area contributed by atoms with Crippen LogP contribution in [-0.4, -0.2) is 0 Å². The second-order valence-electron chi connectivity index (χ2n) is 7.30. The van der Waals surface area contributed by atoms with Gasteiger partial charge in [0.05, 0.1) is 0 Å². The van der Waals surface area contributed by atoms with Crippen molar-refractivity contribution in [2.75, 3.05) is 0 Å². The minimum absolute atomic E-state index is 1.09. The number of hydrogen-bond donors (Lipinski definition) is 0. The van der Waals surface area contributed by atoms with Crippen LogP contribution in [0.2, 0.25) is 0 Å². The van der Waals surface area contributed by atoms with Crippen LogP contribution in [0, 0.1) is 6.92 Å². The molecule has 0 heteroatoms. The van der Waals surface area contributed by atoms with Crippen molar-refractivity contribution in [2.45, 2.75) is 116 Å². The molecule has 31 heavy (non-hydrogen) atoms. The highest BCUT2D eigenvalue weighted by Gasteiger charge is 1.92. The summed E-state index contributed by atoms with van der Waals surface area (Å²) in [7, 11) is 0. The molecule has 0 aliphatic carbocycles. The standard InChI is InChI=1S/C9H12.C9H14.C5H12.C4H8.2C2H6/c1-3-9-6-4-8(2)5-7-9;1-6-9(7(2)3)8(4)5;1-3-5-4-2;1-4(2)3;2*1-2/h4-7H,3H2,1-2H3;6H,1-2H2,3-5H3;3-5H2,1-2H3;1H2,2-3H3;2*1-2H3. The first kappa shape index (κ1) is 39.6. The van der Waals surface area contributed by atoms with Crippen molar-refractivity contribution in [1.29, 1.82) is 0 Å². The minimum Gasteiger partial charge on any atom is -0.100 e. The largest absolute Gasteiger partial charge is 0.100 e. The van der Waals surface area contributed by atoms with Gasteiger partial charge in [0.1, 0.15) is 0 Å². The molecule has 0 unspecified atom stereocenters. The highest BCUT2D eigenvalue weighted by Crippen LogP contribution is 2.12. The zero-order valence-electron chi connectivity index (χ0n) is 23.8. The van der Waals surface area contributed by atoms with E-state index in [9.17, 15) is 0 Å². The fourth-order valence-corrected chi connectivity index (χ4v) is 1.98. The summed E-state index contributed by atoms with van der Waals surface area (Å²) in [6, 6.07) is 8.66. The Morgan fingerprint density at radius 2 is 1.13 bits per heavy atom. The molecule has 0 atom stereocenters. The van der Waals surface area contributed by atoms with Gasteiger partial charge in [0, 0.05) is 0 Å². The molecule has 0 nitrogen and oxygen atoms in total. The van der Waals surface area contributed by atoms with Gasteiger partial charge in [0.2, 0.25) is 0 Å². The molecule has 0 fully saturated rings. The fourth-order valence-electron chi connectivity index (χ4n) is 1.98. The smallest absolute Gasteiger partial charge is 0.0253 e. The lowest BCUT2D eigenvalue weighted by Gasteiger charge is -2.01. The molecule has 0 aliphatic heterocycles. The van der Waals surface area contributed by atoms with Crippen molar-refractivity contribution in [2.24, 2.45) is 0 Å². The molecule has 0 N–H and O–H groups in total. The average Bonchev–Trinajstić information content (AvgIpc) is 2.73. The summed E-state index contributed by atoms with van der Waals surface area (Å²) in [4.78, 5) is 0. The van der Waals surface area contributed by atoms with E-state index in [0.717, 1.165) is 12.0 Å². The normalized spacial score (nSPS) is 7.77. The maximum Gasteiger partial charge on any atom is -0.0253 e. The highest BCUT2D eigenvalue weighted by molar-refractivity contribution is 5.38. The van der Waals surface area contributed by atoms with E-state index in [1.54, 1.807) is 0 Å². The Hall–Kier alpha value is -1.82. The summed E-state index contributed by atoms with van der Waals surface area (Å²) in [6.45, 7) is 37.8. The predicted octanol–water partition coefficient (Wildman–Crippen LogP) is 11.5. The van der Waals surface area contributed by atoms with Crippen molar-refractivity contribution in [3.63, 3.8) is 0 Å². The zero-order valence-corrected chi connectivity index (χ0v) is 23.8. The first-order valence-corrected chi connectivity index (χ1v) is 12.2. The third-order valence-corrected chi connectivity index (χ3v) is 3.44. The van der Waals surface area contributed by atoms with Crippen molar-refractivity contribution < 1.29 is 0 Å². The molecular formula is C31H58. The van der Waals surface area contributed by atoms with Crippen LogP contribution in [0.5, 0.6) is 0 Å². The third-order valence-electron chi connectivity index (χ3n) is 3.44. The Morgan fingerprint density at radius 3 is 1.26 bits per heavy atom. The molecule has 0 saturated heterocycles. The van der Waals surface area contributed by atoms with Gasteiger partial charge >= 0.3 is 0 Å². The van der Waals surface area contributed by atoms with Crippen molar-refractivity contribution in [3.05, 3.63) is 83.5 Å². The molecule has 1 aromatic rings. The molecule has 0 aliphatic rings. The van der Waals surface area contributed by atoms with Gasteiger partial charge in [0.25, 0.3) is 0 Å². The van der Waals surface area contributed by atoms with Crippen LogP contribution < -0.4 is 0 Å². The van der Waals surface area contributed by atoms with E-state index in [-0.39, 0.29) is 0 Å². The number of unbranched alkanes of at least 4 members (excludes halogenated alkanes) is 2. The molecule has 0 radical (unpaired) electrons. The van der Waals surface area contributed by atoms with E-state index in [0.29, 0.717) is 0 Å². The predicted molar refractivity (Wildman–Crippen MR) is 152 cm³/mol. The van der Waals surface area contributed by atoms with Crippen LogP contribution >= 0.6 is 0 Å². The monoisotopic (exact) mass is 430 g/mol. The van der Waals surface area contributed by atoms with Gasteiger partial charge in [-0.05, 0) is 59.1 Å². The average molecular weight is 431 g/mol. The van der Waals surface area contributed by atoms with E-state index in [4.69, 9.17) is 0 Å². The Morgan fingerprint density at radius 1 is 0.774 bits per heavy atom. The van der Waals surface area contributed by atoms with Crippen LogP contribution in [0.3, 0.4) is 0 Å². The molecule has 0 bridgehead atoms. The molecule has 0 saturated carbocycles. The minimum atomic E-state index is 1.09. The lowest BCUT2D eigenvalue weighted by Crippen LogP contribution is -1.80. The van der Waals surface area contributed by atoms with E-state index in [1.807, 2.05) is 54.5 Å². The van der Waals surface area contributed by atoms with Gasteiger partial charge in [-0.15, -0.1) is 6.58 Å². The number of hydrogen-bond acceptors (Lipinski definition) is 0. The molecule has 0 amide bonds. The van der Waals surface area contributed by atoms with E-state index in [2.05, 4.69) is 85.5 Å². The maximum atomic E-state index is 3.82. The number of aryl methyl sites for hydroxylation is 2. The van der Waals surface area contributed by atoms with Crippen molar-refractivity contribution in [3.8, 4) is 0 Å². The molecule has 1 rings (SSSR count). The zero-order chi connectivity index (χ0) is 25.8. The van der Waals surface area contributed by atoms with Gasteiger partial charge in [-0.3, -0.25) is 0 Å². The Labute approximate surface area is 199 Å². The van der Waals surface area contributed by atoms with Crippen LogP contribution in [0.1, 0.15) is 113 Å². The summed E-state index contributed by atoms with van der Waals surface area (Å²) in [6.07, 6.45) is 7.06. The SMILES string of the molecule is C=C(C)C.C=CC(C(=C)C)=C(C)C.CC.CC.CCCCC.CCc1ccc(C)cc1. The van der Waals surface area contributed by atoms with Crippen LogP contribution in [0.25, 0.3) is 0 Å². The van der Waals surface area contributed by atoms with E-state index in [1.165, 1.54) is 47.1 Å². The topological polar surface area (TPSA) is 0 Å².